The van der Waals surface area contributed by atoms with Gasteiger partial charge in [-0.1, -0.05) is 32.3 Å². The van der Waals surface area contributed by atoms with Gasteiger partial charge in [-0.2, -0.15) is 0 Å². The van der Waals surface area contributed by atoms with Crippen LogP contribution in [0.15, 0.2) is 18.2 Å². The van der Waals surface area contributed by atoms with Crippen LogP contribution in [0.3, 0.4) is 0 Å². The fourth-order valence-corrected chi connectivity index (χ4v) is 2.82. The molecule has 0 unspecified atom stereocenters. The van der Waals surface area contributed by atoms with Crippen molar-refractivity contribution < 1.29 is 4.79 Å². The fraction of sp³-hybridized carbons (Fsp3) is 0.588. The number of nitrogens with zero attached hydrogens (tertiary/aromatic N) is 1. The van der Waals surface area contributed by atoms with E-state index in [0.717, 1.165) is 25.1 Å². The first-order chi connectivity index (χ1) is 9.72. The Morgan fingerprint density at radius 1 is 1.20 bits per heavy atom. The largest absolute Gasteiger partial charge is 0.273 e. The Morgan fingerprint density at radius 2 is 2.00 bits per heavy atom. The average Bonchev–Trinajstić information content (AvgIpc) is 2.89. The maximum absolute atomic E-state index is 11.8. The summed E-state index contributed by atoms with van der Waals surface area (Å²) in [4.78, 5) is 11.8. The monoisotopic (exact) mass is 274 g/mol. The minimum absolute atomic E-state index is 0.0541. The second kappa shape index (κ2) is 7.44. The summed E-state index contributed by atoms with van der Waals surface area (Å²) in [5.74, 6) is 0.0541. The van der Waals surface area contributed by atoms with E-state index in [1.165, 1.54) is 43.2 Å². The zero-order valence-corrected chi connectivity index (χ0v) is 12.7. The van der Waals surface area contributed by atoms with Gasteiger partial charge in [0.25, 0.3) is 0 Å². The lowest BCUT2D eigenvalue weighted by Gasteiger charge is -2.23. The molecule has 0 radical (unpaired) electrons. The standard InChI is InChI=1S/C17H26N2O/c1-3-4-5-6-12-18-19(14(2)20)17-11-10-15-8-7-9-16(15)13-17/h10-11,13,18H,3-9,12H2,1-2H3. The third-order valence-electron chi connectivity index (χ3n) is 3.96. The molecule has 2 rings (SSSR count). The van der Waals surface area contributed by atoms with Gasteiger partial charge in [0.15, 0.2) is 0 Å². The average molecular weight is 274 g/mol. The molecule has 1 amide bonds. The molecular formula is C17H26N2O. The van der Waals surface area contributed by atoms with E-state index in [1.807, 2.05) is 0 Å². The number of carbonyl (C=O) groups is 1. The highest BCUT2D eigenvalue weighted by Crippen LogP contribution is 2.26. The summed E-state index contributed by atoms with van der Waals surface area (Å²) in [5.41, 5.74) is 7.10. The Balaban J connectivity index is 1.96. The van der Waals surface area contributed by atoms with Crippen molar-refractivity contribution in [1.29, 1.82) is 0 Å². The lowest BCUT2D eigenvalue weighted by Crippen LogP contribution is -2.42. The minimum atomic E-state index is 0.0541. The van der Waals surface area contributed by atoms with E-state index in [1.54, 1.807) is 11.9 Å². The van der Waals surface area contributed by atoms with Crippen LogP contribution in [0.25, 0.3) is 0 Å². The Bertz CT molecular complexity index is 456. The van der Waals surface area contributed by atoms with E-state index < -0.39 is 0 Å². The van der Waals surface area contributed by atoms with Gasteiger partial charge < -0.3 is 0 Å². The van der Waals surface area contributed by atoms with Crippen molar-refractivity contribution >= 4 is 11.6 Å². The molecule has 0 saturated carbocycles. The normalized spacial score (nSPS) is 13.3. The number of aryl methyl sites for hydroxylation is 2. The molecule has 0 fully saturated rings. The van der Waals surface area contributed by atoms with E-state index in [9.17, 15) is 4.79 Å². The Hall–Kier alpha value is -1.35. The van der Waals surface area contributed by atoms with Crippen molar-refractivity contribution in [3.63, 3.8) is 0 Å². The zero-order chi connectivity index (χ0) is 14.4. The van der Waals surface area contributed by atoms with Gasteiger partial charge in [0.2, 0.25) is 5.91 Å². The number of carbonyl (C=O) groups excluding carboxylic acids is 1. The van der Waals surface area contributed by atoms with Gasteiger partial charge in [0, 0.05) is 13.5 Å². The number of anilines is 1. The van der Waals surface area contributed by atoms with Crippen LogP contribution in [0.2, 0.25) is 0 Å². The van der Waals surface area contributed by atoms with Crippen molar-refractivity contribution in [2.45, 2.75) is 58.8 Å². The molecule has 1 aliphatic rings. The van der Waals surface area contributed by atoms with E-state index in [2.05, 4.69) is 30.5 Å². The first-order valence-electron chi connectivity index (χ1n) is 7.88. The smallest absolute Gasteiger partial charge is 0.238 e. The molecule has 3 heteroatoms. The minimum Gasteiger partial charge on any atom is -0.273 e. The lowest BCUT2D eigenvalue weighted by atomic mass is 10.1. The molecule has 0 heterocycles. The number of fused-ring (bicyclic) bond motifs is 1. The molecule has 0 aromatic heterocycles. The van der Waals surface area contributed by atoms with Crippen LogP contribution >= 0.6 is 0 Å². The summed E-state index contributed by atoms with van der Waals surface area (Å²) in [6.45, 7) is 4.68. The molecule has 1 aliphatic carbocycles. The molecule has 1 N–H and O–H groups in total. The summed E-state index contributed by atoms with van der Waals surface area (Å²) >= 11 is 0. The molecule has 0 bridgehead atoms. The molecule has 3 nitrogen and oxygen atoms in total. The molecule has 0 saturated heterocycles. The second-order valence-electron chi connectivity index (χ2n) is 5.63. The number of hydrogen-bond donors (Lipinski definition) is 1. The van der Waals surface area contributed by atoms with Gasteiger partial charge in [0.1, 0.15) is 0 Å². The number of amides is 1. The summed E-state index contributed by atoms with van der Waals surface area (Å²) < 4.78 is 0. The van der Waals surface area contributed by atoms with Gasteiger partial charge in [0.05, 0.1) is 5.69 Å². The predicted octanol–water partition coefficient (Wildman–Crippen LogP) is 3.61. The second-order valence-corrected chi connectivity index (χ2v) is 5.63. The quantitative estimate of drug-likeness (QED) is 0.608. The maximum Gasteiger partial charge on any atom is 0.238 e. The first-order valence-corrected chi connectivity index (χ1v) is 7.88. The highest BCUT2D eigenvalue weighted by Gasteiger charge is 2.15. The predicted molar refractivity (Wildman–Crippen MR) is 83.8 cm³/mol. The molecule has 20 heavy (non-hydrogen) atoms. The van der Waals surface area contributed by atoms with E-state index >= 15 is 0 Å². The molecule has 110 valence electrons. The van der Waals surface area contributed by atoms with Crippen LogP contribution in [0.1, 0.15) is 57.1 Å². The maximum atomic E-state index is 11.8. The number of rotatable bonds is 7. The summed E-state index contributed by atoms with van der Waals surface area (Å²) in [6.07, 6.45) is 8.40. The van der Waals surface area contributed by atoms with Gasteiger partial charge >= 0.3 is 0 Å². The van der Waals surface area contributed by atoms with Gasteiger partial charge in [-0.05, 0) is 48.9 Å². The van der Waals surface area contributed by atoms with Crippen molar-refractivity contribution in [1.82, 2.24) is 5.43 Å². The van der Waals surface area contributed by atoms with Gasteiger partial charge in [-0.3, -0.25) is 4.79 Å². The van der Waals surface area contributed by atoms with E-state index in [0.29, 0.717) is 0 Å². The molecule has 0 aliphatic heterocycles. The van der Waals surface area contributed by atoms with Crippen LogP contribution in [-0.4, -0.2) is 12.5 Å². The first kappa shape index (κ1) is 15.0. The molecule has 0 atom stereocenters. The topological polar surface area (TPSA) is 32.3 Å². The van der Waals surface area contributed by atoms with Crippen LogP contribution in [-0.2, 0) is 17.6 Å². The van der Waals surface area contributed by atoms with E-state index in [-0.39, 0.29) is 5.91 Å². The zero-order valence-electron chi connectivity index (χ0n) is 12.7. The Kier molecular flexibility index (Phi) is 5.60. The molecular weight excluding hydrogens is 248 g/mol. The third-order valence-corrected chi connectivity index (χ3v) is 3.96. The van der Waals surface area contributed by atoms with Crippen molar-refractivity contribution in [3.05, 3.63) is 29.3 Å². The van der Waals surface area contributed by atoms with Gasteiger partial charge in [-0.15, -0.1) is 0 Å². The molecule has 0 spiro atoms. The lowest BCUT2D eigenvalue weighted by molar-refractivity contribution is -0.117. The SMILES string of the molecule is CCCCCCNN(C(C)=O)c1ccc2c(c1)CCC2. The van der Waals surface area contributed by atoms with Crippen LogP contribution < -0.4 is 10.4 Å². The Morgan fingerprint density at radius 3 is 2.75 bits per heavy atom. The highest BCUT2D eigenvalue weighted by atomic mass is 16.2. The number of nitrogens with one attached hydrogen (secondary N) is 1. The van der Waals surface area contributed by atoms with Crippen molar-refractivity contribution in [2.24, 2.45) is 0 Å². The van der Waals surface area contributed by atoms with Crippen molar-refractivity contribution in [3.8, 4) is 0 Å². The van der Waals surface area contributed by atoms with Crippen LogP contribution in [0, 0.1) is 0 Å². The number of hydrazine groups is 1. The number of benzene rings is 1. The number of hydrogen-bond acceptors (Lipinski definition) is 2. The van der Waals surface area contributed by atoms with Gasteiger partial charge in [-0.25, -0.2) is 10.4 Å². The van der Waals surface area contributed by atoms with Crippen LogP contribution in [0.5, 0.6) is 0 Å². The Labute approximate surface area is 122 Å². The summed E-state index contributed by atoms with van der Waals surface area (Å²) in [5, 5.41) is 1.70. The number of unbranched alkanes of at least 4 members (excludes halogenated alkanes) is 3. The third kappa shape index (κ3) is 3.83. The van der Waals surface area contributed by atoms with Crippen LogP contribution in [0.4, 0.5) is 5.69 Å². The molecule has 1 aromatic rings. The molecule has 1 aromatic carbocycles. The highest BCUT2D eigenvalue weighted by molar-refractivity contribution is 5.90. The van der Waals surface area contributed by atoms with Crippen molar-refractivity contribution in [2.75, 3.05) is 11.6 Å². The van der Waals surface area contributed by atoms with E-state index in [4.69, 9.17) is 0 Å². The summed E-state index contributed by atoms with van der Waals surface area (Å²) in [7, 11) is 0. The fourth-order valence-electron chi connectivity index (χ4n) is 2.82. The summed E-state index contributed by atoms with van der Waals surface area (Å²) in [6, 6.07) is 6.40.